The molecule has 35 heavy (non-hydrogen) atoms. The molecule has 1 amide bonds. The van der Waals surface area contributed by atoms with E-state index in [0.717, 1.165) is 17.7 Å². The van der Waals surface area contributed by atoms with Crippen molar-refractivity contribution in [1.82, 2.24) is 0 Å². The number of amides is 1. The topological polar surface area (TPSA) is 103 Å². The monoisotopic (exact) mass is 495 g/mol. The van der Waals surface area contributed by atoms with Crippen LogP contribution in [0.1, 0.15) is 27.0 Å². The fourth-order valence-electron chi connectivity index (χ4n) is 4.18. The molecule has 0 bridgehead atoms. The average molecular weight is 495 g/mol. The molecule has 1 aliphatic heterocycles. The molecular formula is C25H26N3O6P. The lowest BCUT2D eigenvalue weighted by Gasteiger charge is -2.21. The highest BCUT2D eigenvalue weighted by Gasteiger charge is 2.28. The lowest BCUT2D eigenvalue weighted by Crippen LogP contribution is -2.29. The third-order valence-corrected chi connectivity index (χ3v) is 6.00. The summed E-state index contributed by atoms with van der Waals surface area (Å²) in [4.78, 5) is 26.1. The number of carbonyl (C=O) groups excluding carboxylic acids is 1. The van der Waals surface area contributed by atoms with Gasteiger partial charge in [-0.3, -0.25) is 14.9 Å². The van der Waals surface area contributed by atoms with Gasteiger partial charge in [-0.1, -0.05) is 18.2 Å². The zero-order valence-electron chi connectivity index (χ0n) is 19.4. The molecule has 4 rings (SSSR count). The van der Waals surface area contributed by atoms with E-state index in [-0.39, 0.29) is 24.8 Å². The summed E-state index contributed by atoms with van der Waals surface area (Å²) in [5.41, 5.74) is 4.32. The number of hydrogen-bond donors (Lipinski definition) is 1. The maximum Gasteiger partial charge on any atom is 0.270 e. The van der Waals surface area contributed by atoms with Gasteiger partial charge in [0.2, 0.25) is 0 Å². The van der Waals surface area contributed by atoms with Crippen molar-refractivity contribution < 1.29 is 23.7 Å². The van der Waals surface area contributed by atoms with E-state index in [0.29, 0.717) is 40.4 Å². The number of methoxy groups -OCH3 is 1. The molecule has 9 nitrogen and oxygen atoms in total. The van der Waals surface area contributed by atoms with Crippen molar-refractivity contribution in [1.29, 1.82) is 0 Å². The summed E-state index contributed by atoms with van der Waals surface area (Å²) in [6.07, 6.45) is 0.808. The van der Waals surface area contributed by atoms with Crippen LogP contribution < -0.4 is 19.7 Å². The predicted octanol–water partition coefficient (Wildman–Crippen LogP) is 4.73. The first-order valence-electron chi connectivity index (χ1n) is 11.0. The summed E-state index contributed by atoms with van der Waals surface area (Å²) < 4.78 is 16.5. The van der Waals surface area contributed by atoms with Crippen molar-refractivity contribution in [2.24, 2.45) is 0 Å². The van der Waals surface area contributed by atoms with E-state index in [2.05, 4.69) is 14.8 Å². The van der Waals surface area contributed by atoms with Gasteiger partial charge in [0.15, 0.2) is 11.5 Å². The maximum atomic E-state index is 13.5. The fourth-order valence-corrected chi connectivity index (χ4v) is 4.38. The highest BCUT2D eigenvalue weighted by Crippen LogP contribution is 2.37. The lowest BCUT2D eigenvalue weighted by molar-refractivity contribution is -0.385. The van der Waals surface area contributed by atoms with Crippen LogP contribution in [0.5, 0.6) is 11.5 Å². The number of nitrogens with zero attached hydrogens (tertiary/aromatic N) is 2. The van der Waals surface area contributed by atoms with E-state index in [1.807, 2.05) is 24.3 Å². The third kappa shape index (κ3) is 5.21. The zero-order chi connectivity index (χ0) is 24.9. The normalized spacial score (nSPS) is 12.3. The number of carbonyl (C=O) groups is 1. The second-order valence-corrected chi connectivity index (χ2v) is 8.33. The maximum absolute atomic E-state index is 13.5. The molecule has 3 aromatic rings. The number of rotatable bonds is 9. The Bertz CT molecular complexity index is 1270. The van der Waals surface area contributed by atoms with Gasteiger partial charge in [0.05, 0.1) is 29.9 Å². The van der Waals surface area contributed by atoms with E-state index in [1.54, 1.807) is 30.1 Å². The first-order chi connectivity index (χ1) is 16.9. The smallest absolute Gasteiger partial charge is 0.270 e. The molecule has 0 fully saturated rings. The van der Waals surface area contributed by atoms with E-state index in [1.165, 1.54) is 19.2 Å². The van der Waals surface area contributed by atoms with Crippen LogP contribution in [0.3, 0.4) is 0 Å². The van der Waals surface area contributed by atoms with Crippen molar-refractivity contribution >= 4 is 32.4 Å². The van der Waals surface area contributed by atoms with Crippen LogP contribution in [-0.2, 0) is 24.2 Å². The number of nitro benzene ring substituents is 1. The Hall–Kier alpha value is -3.68. The van der Waals surface area contributed by atoms with Crippen LogP contribution in [0.4, 0.5) is 17.1 Å². The number of hydrogen-bond acceptors (Lipinski definition) is 7. The highest BCUT2D eigenvalue weighted by molar-refractivity contribution is 7.09. The molecule has 1 unspecified atom stereocenters. The standard InChI is InChI=1S/C25H26N3O6P/c1-26-21-13-24(33-14-16-9-17(15-34-35)11-19(10-16)28(30)31)23(32-2)12-20(21)25(29)27-8-7-18-5-3-4-6-22(18)27/h3-6,9-13,26H,7-8,14-15,35H2,1-2H3. The van der Waals surface area contributed by atoms with Crippen LogP contribution in [0.25, 0.3) is 0 Å². The molecule has 0 aromatic heterocycles. The summed E-state index contributed by atoms with van der Waals surface area (Å²) in [7, 11) is 5.36. The van der Waals surface area contributed by atoms with Crippen LogP contribution in [0.2, 0.25) is 0 Å². The molecule has 1 aliphatic rings. The molecule has 182 valence electrons. The molecule has 0 saturated heterocycles. The summed E-state index contributed by atoms with van der Waals surface area (Å²) in [5, 5.41) is 14.4. The summed E-state index contributed by atoms with van der Waals surface area (Å²) >= 11 is 0. The molecular weight excluding hydrogens is 469 g/mol. The summed E-state index contributed by atoms with van der Waals surface area (Å²) in [6.45, 7) is 0.887. The fraction of sp³-hybridized carbons (Fsp3) is 0.240. The average Bonchev–Trinajstić information content (AvgIpc) is 3.30. The van der Waals surface area contributed by atoms with Gasteiger partial charge in [-0.15, -0.1) is 0 Å². The summed E-state index contributed by atoms with van der Waals surface area (Å²) in [6, 6.07) is 15.9. The van der Waals surface area contributed by atoms with E-state index >= 15 is 0 Å². The Kier molecular flexibility index (Phi) is 7.48. The van der Waals surface area contributed by atoms with E-state index < -0.39 is 4.92 Å². The number of para-hydroxylation sites is 1. The van der Waals surface area contributed by atoms with Crippen molar-refractivity contribution in [2.45, 2.75) is 19.6 Å². The van der Waals surface area contributed by atoms with Crippen LogP contribution in [-0.4, -0.2) is 31.5 Å². The number of anilines is 2. The van der Waals surface area contributed by atoms with Gasteiger partial charge >= 0.3 is 0 Å². The van der Waals surface area contributed by atoms with E-state index in [4.69, 9.17) is 14.0 Å². The molecule has 0 saturated carbocycles. The molecule has 0 radical (unpaired) electrons. The van der Waals surface area contributed by atoms with Crippen molar-refractivity contribution in [3.63, 3.8) is 0 Å². The number of ether oxygens (including phenoxy) is 2. The lowest BCUT2D eigenvalue weighted by atomic mass is 10.1. The first kappa shape index (κ1) is 24.4. The number of non-ortho nitro benzene ring substituents is 1. The molecule has 1 atom stereocenters. The Morgan fingerprint density at radius 2 is 1.86 bits per heavy atom. The molecule has 3 aromatic carbocycles. The minimum atomic E-state index is -0.452. The minimum Gasteiger partial charge on any atom is -0.493 e. The van der Waals surface area contributed by atoms with Gasteiger partial charge in [-0.05, 0) is 41.3 Å². The van der Waals surface area contributed by atoms with Crippen LogP contribution in [0, 0.1) is 10.1 Å². The van der Waals surface area contributed by atoms with Crippen LogP contribution in [0.15, 0.2) is 54.6 Å². The number of benzene rings is 3. The second kappa shape index (κ2) is 10.7. The second-order valence-electron chi connectivity index (χ2n) is 8.00. The number of nitro groups is 1. The largest absolute Gasteiger partial charge is 0.493 e. The van der Waals surface area contributed by atoms with Gasteiger partial charge in [-0.2, -0.15) is 0 Å². The van der Waals surface area contributed by atoms with Crippen molar-refractivity contribution in [2.75, 3.05) is 30.9 Å². The SMILES string of the molecule is CNc1cc(OCc2cc(COP)cc([N+](=O)[O-])c2)c(OC)cc1C(=O)N1CCc2ccccc21. The van der Waals surface area contributed by atoms with Gasteiger partial charge in [0.25, 0.3) is 11.6 Å². The molecule has 1 heterocycles. The molecule has 1 N–H and O–H groups in total. The predicted molar refractivity (Wildman–Crippen MR) is 136 cm³/mol. The van der Waals surface area contributed by atoms with Gasteiger partial charge < -0.3 is 24.2 Å². The van der Waals surface area contributed by atoms with Gasteiger partial charge in [0.1, 0.15) is 6.61 Å². The number of fused-ring (bicyclic) bond motifs is 1. The molecule has 10 heteroatoms. The minimum absolute atomic E-state index is 0.0436. The van der Waals surface area contributed by atoms with Gasteiger partial charge in [-0.25, -0.2) is 0 Å². The van der Waals surface area contributed by atoms with Gasteiger partial charge in [0, 0.05) is 46.9 Å². The molecule has 0 aliphatic carbocycles. The Morgan fingerprint density at radius 3 is 2.54 bits per heavy atom. The third-order valence-electron chi connectivity index (χ3n) is 5.83. The highest BCUT2D eigenvalue weighted by atomic mass is 31.0. The Labute approximate surface area is 205 Å². The van der Waals surface area contributed by atoms with Crippen LogP contribution >= 0.6 is 9.47 Å². The Balaban J connectivity index is 1.61. The van der Waals surface area contributed by atoms with Crippen molar-refractivity contribution in [3.8, 4) is 11.5 Å². The number of nitrogens with one attached hydrogen (secondary N) is 1. The summed E-state index contributed by atoms with van der Waals surface area (Å²) in [5.74, 6) is 0.661. The molecule has 0 spiro atoms. The zero-order valence-corrected chi connectivity index (χ0v) is 20.6. The Morgan fingerprint density at radius 1 is 1.11 bits per heavy atom. The van der Waals surface area contributed by atoms with E-state index in [9.17, 15) is 14.9 Å². The first-order valence-corrected chi connectivity index (χ1v) is 11.4. The van der Waals surface area contributed by atoms with Crippen molar-refractivity contribution in [3.05, 3.63) is 87.0 Å². The quantitative estimate of drug-likeness (QED) is 0.260.